The Balaban J connectivity index is 1.49. The smallest absolute Gasteiger partial charge is 0.172 e. The molecule has 0 saturated carbocycles. The van der Waals surface area contributed by atoms with Crippen LogP contribution in [-0.4, -0.2) is 43.2 Å². The molecule has 3 aromatic rings. The molecule has 7 nitrogen and oxygen atoms in total. The molecule has 5 rings (SSSR count). The second-order valence-electron chi connectivity index (χ2n) is 7.45. The van der Waals surface area contributed by atoms with E-state index in [-0.39, 0.29) is 5.82 Å². The fraction of sp³-hybridized carbons (Fsp3) is 0.208. The third-order valence-corrected chi connectivity index (χ3v) is 5.51. The Morgan fingerprint density at radius 1 is 1.00 bits per heavy atom. The van der Waals surface area contributed by atoms with Gasteiger partial charge in [-0.25, -0.2) is 9.07 Å². The molecular weight excluding hydrogens is 409 g/mol. The van der Waals surface area contributed by atoms with Crippen molar-refractivity contribution in [1.82, 2.24) is 15.2 Å². The van der Waals surface area contributed by atoms with E-state index in [0.29, 0.717) is 43.4 Å². The number of halogens is 1. The zero-order valence-electron chi connectivity index (χ0n) is 17.7. The van der Waals surface area contributed by atoms with Gasteiger partial charge in [-0.1, -0.05) is 24.3 Å². The van der Waals surface area contributed by atoms with Crippen LogP contribution in [0.4, 0.5) is 15.8 Å². The lowest BCUT2D eigenvalue weighted by atomic mass is 10.2. The quantitative estimate of drug-likeness (QED) is 0.662. The lowest BCUT2D eigenvalue weighted by molar-refractivity contribution is 0.122. The number of rotatable bonds is 5. The van der Waals surface area contributed by atoms with Crippen molar-refractivity contribution in [3.8, 4) is 5.69 Å². The van der Waals surface area contributed by atoms with Crippen LogP contribution >= 0.6 is 0 Å². The first-order valence-corrected chi connectivity index (χ1v) is 10.5. The zero-order valence-corrected chi connectivity index (χ0v) is 17.7. The van der Waals surface area contributed by atoms with E-state index in [1.54, 1.807) is 36.6 Å². The normalized spacial score (nSPS) is 16.3. The summed E-state index contributed by atoms with van der Waals surface area (Å²) in [6.45, 7) is 2.51. The highest BCUT2D eigenvalue weighted by Crippen LogP contribution is 2.31. The fourth-order valence-electron chi connectivity index (χ4n) is 3.90. The lowest BCUT2D eigenvalue weighted by Gasteiger charge is -2.32. The zero-order chi connectivity index (χ0) is 21.9. The number of hydrazine groups is 1. The van der Waals surface area contributed by atoms with Crippen LogP contribution in [0.5, 0.6) is 0 Å². The molecule has 1 saturated heterocycles. The number of para-hydroxylation sites is 1. The molecule has 0 unspecified atom stereocenters. The van der Waals surface area contributed by atoms with Gasteiger partial charge in [0.2, 0.25) is 0 Å². The molecule has 3 heterocycles. The number of nitrogens with zero attached hydrogens (tertiary/aromatic N) is 4. The van der Waals surface area contributed by atoms with E-state index in [2.05, 4.69) is 10.5 Å². The van der Waals surface area contributed by atoms with Crippen LogP contribution < -0.4 is 15.3 Å². The van der Waals surface area contributed by atoms with Crippen molar-refractivity contribution in [3.05, 3.63) is 90.3 Å². The number of aromatic nitrogens is 2. The first kappa shape index (κ1) is 20.1. The minimum absolute atomic E-state index is 0.300. The van der Waals surface area contributed by atoms with Gasteiger partial charge in [-0.05, 0) is 30.3 Å². The van der Waals surface area contributed by atoms with Crippen molar-refractivity contribution >= 4 is 17.1 Å². The number of benzene rings is 2. The van der Waals surface area contributed by atoms with Gasteiger partial charge in [0, 0.05) is 19.2 Å². The number of anilines is 2. The van der Waals surface area contributed by atoms with Gasteiger partial charge in [0.1, 0.15) is 11.4 Å². The van der Waals surface area contributed by atoms with Gasteiger partial charge in [0.15, 0.2) is 5.82 Å². The van der Waals surface area contributed by atoms with Crippen LogP contribution in [-0.2, 0) is 9.47 Å². The van der Waals surface area contributed by atoms with Gasteiger partial charge in [-0.15, -0.1) is 0 Å². The van der Waals surface area contributed by atoms with E-state index >= 15 is 4.39 Å². The van der Waals surface area contributed by atoms with Crippen molar-refractivity contribution in [2.24, 2.45) is 0 Å². The Labute approximate surface area is 185 Å². The molecule has 0 bridgehead atoms. The van der Waals surface area contributed by atoms with E-state index in [1.807, 2.05) is 58.1 Å². The summed E-state index contributed by atoms with van der Waals surface area (Å²) in [6.07, 6.45) is 5.34. The van der Waals surface area contributed by atoms with Crippen molar-refractivity contribution in [2.45, 2.75) is 0 Å². The third kappa shape index (κ3) is 3.80. The second-order valence-corrected chi connectivity index (χ2v) is 7.45. The minimum atomic E-state index is -0.300. The summed E-state index contributed by atoms with van der Waals surface area (Å²) < 4.78 is 28.4. The summed E-state index contributed by atoms with van der Waals surface area (Å²) in [5.41, 5.74) is 6.77. The number of morpholine rings is 1. The molecule has 2 aliphatic heterocycles. The molecule has 0 spiro atoms. The first-order chi connectivity index (χ1) is 15.7. The maximum absolute atomic E-state index is 15.6. The Bertz CT molecular complexity index is 1150. The monoisotopic (exact) mass is 433 g/mol. The van der Waals surface area contributed by atoms with Crippen LogP contribution in [0.25, 0.3) is 11.4 Å². The van der Waals surface area contributed by atoms with E-state index in [0.717, 1.165) is 17.1 Å². The minimum Gasteiger partial charge on any atom is -0.495 e. The summed E-state index contributed by atoms with van der Waals surface area (Å²) in [6, 6.07) is 17.2. The number of methoxy groups -OCH3 is 1. The highest BCUT2D eigenvalue weighted by atomic mass is 19.1. The molecule has 32 heavy (non-hydrogen) atoms. The van der Waals surface area contributed by atoms with Crippen LogP contribution in [0.2, 0.25) is 0 Å². The number of allylic oxidation sites excluding steroid dienone is 1. The molecular formula is C24H24FN5O2. The Hall–Kier alpha value is -3.78. The van der Waals surface area contributed by atoms with Crippen molar-refractivity contribution in [3.63, 3.8) is 0 Å². The molecule has 1 N–H and O–H groups in total. The Morgan fingerprint density at radius 3 is 2.56 bits per heavy atom. The molecule has 0 aliphatic carbocycles. The van der Waals surface area contributed by atoms with Crippen molar-refractivity contribution in [1.29, 1.82) is 0 Å². The maximum Gasteiger partial charge on any atom is 0.172 e. The number of nitrogens with one attached hydrogen (secondary N) is 1. The first-order valence-electron chi connectivity index (χ1n) is 10.5. The highest BCUT2D eigenvalue weighted by Gasteiger charge is 2.23. The predicted molar refractivity (Wildman–Crippen MR) is 122 cm³/mol. The van der Waals surface area contributed by atoms with Gasteiger partial charge in [-0.3, -0.25) is 10.4 Å². The van der Waals surface area contributed by atoms with E-state index in [4.69, 9.17) is 9.47 Å². The van der Waals surface area contributed by atoms with Crippen LogP contribution in [0.1, 0.15) is 5.69 Å². The van der Waals surface area contributed by atoms with Crippen molar-refractivity contribution < 1.29 is 13.9 Å². The summed E-state index contributed by atoms with van der Waals surface area (Å²) in [5.74, 6) is 0.294. The van der Waals surface area contributed by atoms with E-state index < -0.39 is 0 Å². The fourth-order valence-corrected chi connectivity index (χ4v) is 3.90. The van der Waals surface area contributed by atoms with Gasteiger partial charge in [0.25, 0.3) is 0 Å². The molecule has 8 heteroatoms. The van der Waals surface area contributed by atoms with Crippen LogP contribution in [0, 0.1) is 5.82 Å². The van der Waals surface area contributed by atoms with Gasteiger partial charge >= 0.3 is 0 Å². The Morgan fingerprint density at radius 2 is 1.78 bits per heavy atom. The van der Waals surface area contributed by atoms with E-state index in [9.17, 15) is 0 Å². The molecule has 2 aromatic carbocycles. The van der Waals surface area contributed by atoms with Gasteiger partial charge < -0.3 is 14.4 Å². The molecule has 2 aliphatic rings. The summed E-state index contributed by atoms with van der Waals surface area (Å²) in [4.78, 5) is 2.01. The molecule has 0 amide bonds. The van der Waals surface area contributed by atoms with E-state index in [1.165, 1.54) is 0 Å². The third-order valence-electron chi connectivity index (χ3n) is 5.51. The Kier molecular flexibility index (Phi) is 5.51. The average molecular weight is 433 g/mol. The number of hydrogen-bond acceptors (Lipinski definition) is 6. The summed E-state index contributed by atoms with van der Waals surface area (Å²) in [5, 5.41) is 6.12. The maximum atomic E-state index is 15.6. The molecule has 164 valence electrons. The molecule has 1 fully saturated rings. The second kappa shape index (κ2) is 8.76. The highest BCUT2D eigenvalue weighted by molar-refractivity contribution is 5.72. The molecule has 0 atom stereocenters. The van der Waals surface area contributed by atoms with Crippen LogP contribution in [0.15, 0.2) is 78.8 Å². The van der Waals surface area contributed by atoms with Crippen LogP contribution in [0.3, 0.4) is 0 Å². The standard InChI is InChI=1S/C24H24FN5O2/c1-31-19-16-20(21-10-11-26-30(21)18-6-3-2-4-7-18)27-29(17-19)23-9-5-8-22(24(23)25)28-12-14-32-15-13-28/h2-11,16-17,27H,12-15H2,1H3. The largest absolute Gasteiger partial charge is 0.495 e. The summed E-state index contributed by atoms with van der Waals surface area (Å²) in [7, 11) is 1.60. The number of ether oxygens (including phenoxy) is 2. The van der Waals surface area contributed by atoms with Crippen molar-refractivity contribution in [2.75, 3.05) is 43.3 Å². The predicted octanol–water partition coefficient (Wildman–Crippen LogP) is 3.70. The molecule has 0 radical (unpaired) electrons. The SMILES string of the molecule is COC1=CN(c2cccc(N3CCOCC3)c2F)NC(c2ccnn2-c2ccccc2)=C1. The van der Waals surface area contributed by atoms with Gasteiger partial charge in [0.05, 0.1) is 55.5 Å². The number of hydrogen-bond donors (Lipinski definition) is 1. The topological polar surface area (TPSA) is 54.8 Å². The lowest BCUT2D eigenvalue weighted by Crippen LogP contribution is -2.38. The molecule has 1 aromatic heterocycles. The average Bonchev–Trinajstić information content (AvgIpc) is 3.35. The summed E-state index contributed by atoms with van der Waals surface area (Å²) >= 11 is 0. The van der Waals surface area contributed by atoms with Gasteiger partial charge in [-0.2, -0.15) is 5.10 Å².